The van der Waals surface area contributed by atoms with Gasteiger partial charge in [-0.05, 0) is 22.4 Å². The summed E-state index contributed by atoms with van der Waals surface area (Å²) in [5.74, 6) is -1.36. The summed E-state index contributed by atoms with van der Waals surface area (Å²) in [4.78, 5) is 24.3. The van der Waals surface area contributed by atoms with E-state index in [1.54, 1.807) is 0 Å². The van der Waals surface area contributed by atoms with Gasteiger partial charge < -0.3 is 14.9 Å². The molecular weight excluding hydrogens is 250 g/mol. The first-order valence-corrected chi connectivity index (χ1v) is 4.86. The molecule has 98 valence electrons. The van der Waals surface area contributed by atoms with E-state index in [0.29, 0.717) is 0 Å². The number of aryl methyl sites for hydroxylation is 1. The number of aromatic nitrogens is 1. The Morgan fingerprint density at radius 2 is 2.22 bits per heavy atom. The van der Waals surface area contributed by atoms with Gasteiger partial charge >= 0.3 is 11.8 Å². The number of ether oxygens (including phenoxy) is 1. The SMILES string of the molecule is COC(=O)Cc1nc([N+](=O)[O-])cc(C)c1C(F)F. The third-order valence-electron chi connectivity index (χ3n) is 2.28. The van der Waals surface area contributed by atoms with Crippen molar-refractivity contribution in [3.63, 3.8) is 0 Å². The Balaban J connectivity index is 3.33. The van der Waals surface area contributed by atoms with Crippen molar-refractivity contribution in [2.24, 2.45) is 0 Å². The Morgan fingerprint density at radius 3 is 2.67 bits per heavy atom. The van der Waals surface area contributed by atoms with Gasteiger partial charge in [0, 0.05) is 6.07 Å². The molecule has 0 spiro atoms. The summed E-state index contributed by atoms with van der Waals surface area (Å²) in [5, 5.41) is 10.6. The molecule has 0 aliphatic carbocycles. The van der Waals surface area contributed by atoms with E-state index in [1.165, 1.54) is 6.92 Å². The van der Waals surface area contributed by atoms with Gasteiger partial charge in [-0.15, -0.1) is 0 Å². The van der Waals surface area contributed by atoms with Crippen LogP contribution < -0.4 is 0 Å². The fraction of sp³-hybridized carbons (Fsp3) is 0.400. The lowest BCUT2D eigenvalue weighted by molar-refractivity contribution is -0.389. The number of carbonyl (C=O) groups excluding carboxylic acids is 1. The van der Waals surface area contributed by atoms with Crippen molar-refractivity contribution < 1.29 is 23.2 Å². The summed E-state index contributed by atoms with van der Waals surface area (Å²) in [6.45, 7) is 1.30. The Kier molecular flexibility index (Phi) is 4.24. The Morgan fingerprint density at radius 1 is 1.61 bits per heavy atom. The molecule has 0 bridgehead atoms. The second-order valence-electron chi connectivity index (χ2n) is 3.47. The van der Waals surface area contributed by atoms with Crippen molar-refractivity contribution in [3.05, 3.63) is 33.0 Å². The molecule has 0 radical (unpaired) electrons. The van der Waals surface area contributed by atoms with Gasteiger partial charge in [-0.2, -0.15) is 0 Å². The van der Waals surface area contributed by atoms with Gasteiger partial charge in [0.05, 0.1) is 12.7 Å². The molecular formula is C10H10F2N2O4. The number of hydrogen-bond acceptors (Lipinski definition) is 5. The highest BCUT2D eigenvalue weighted by molar-refractivity contribution is 5.72. The smallest absolute Gasteiger partial charge is 0.363 e. The molecule has 1 aromatic rings. The minimum absolute atomic E-state index is 0.0191. The standard InChI is InChI=1S/C10H10F2N2O4/c1-5-3-7(14(16)17)13-6(4-8(15)18-2)9(5)10(11)12/h3,10H,4H2,1-2H3. The summed E-state index contributed by atoms with van der Waals surface area (Å²) >= 11 is 0. The molecule has 18 heavy (non-hydrogen) atoms. The largest absolute Gasteiger partial charge is 0.469 e. The monoisotopic (exact) mass is 260 g/mol. The molecule has 8 heteroatoms. The fourth-order valence-corrected chi connectivity index (χ4v) is 1.46. The van der Waals surface area contributed by atoms with Gasteiger partial charge in [-0.3, -0.25) is 4.79 Å². The van der Waals surface area contributed by atoms with Crippen LogP contribution >= 0.6 is 0 Å². The van der Waals surface area contributed by atoms with Gasteiger partial charge in [0.15, 0.2) is 5.69 Å². The number of carbonyl (C=O) groups is 1. The Hall–Kier alpha value is -2.12. The maximum Gasteiger partial charge on any atom is 0.363 e. The van der Waals surface area contributed by atoms with Gasteiger partial charge in [0.25, 0.3) is 6.43 Å². The highest BCUT2D eigenvalue weighted by atomic mass is 19.3. The van der Waals surface area contributed by atoms with Crippen molar-refractivity contribution in [2.45, 2.75) is 19.8 Å². The van der Waals surface area contributed by atoms with E-state index in [4.69, 9.17) is 0 Å². The van der Waals surface area contributed by atoms with E-state index in [0.717, 1.165) is 13.2 Å². The van der Waals surface area contributed by atoms with Gasteiger partial charge in [0.2, 0.25) is 0 Å². The second-order valence-corrected chi connectivity index (χ2v) is 3.47. The minimum atomic E-state index is -2.86. The maximum atomic E-state index is 12.8. The van der Waals surface area contributed by atoms with Crippen molar-refractivity contribution in [1.82, 2.24) is 4.98 Å². The normalized spacial score (nSPS) is 10.5. The van der Waals surface area contributed by atoms with Crippen molar-refractivity contribution in [3.8, 4) is 0 Å². The van der Waals surface area contributed by atoms with Gasteiger partial charge in [-0.1, -0.05) is 0 Å². The van der Waals surface area contributed by atoms with Crippen LogP contribution in [0.3, 0.4) is 0 Å². The van der Waals surface area contributed by atoms with E-state index in [-0.39, 0.29) is 11.3 Å². The van der Waals surface area contributed by atoms with Crippen LogP contribution in [0.4, 0.5) is 14.6 Å². The molecule has 0 aliphatic heterocycles. The van der Waals surface area contributed by atoms with Crippen LogP contribution in [0.25, 0.3) is 0 Å². The van der Waals surface area contributed by atoms with Crippen LogP contribution in [0, 0.1) is 17.0 Å². The maximum absolute atomic E-state index is 12.8. The van der Waals surface area contributed by atoms with E-state index < -0.39 is 35.1 Å². The topological polar surface area (TPSA) is 82.3 Å². The fourth-order valence-electron chi connectivity index (χ4n) is 1.46. The highest BCUT2D eigenvalue weighted by Gasteiger charge is 2.26. The third kappa shape index (κ3) is 2.96. The van der Waals surface area contributed by atoms with Crippen LogP contribution in [-0.2, 0) is 16.0 Å². The number of esters is 1. The number of rotatable bonds is 4. The molecule has 0 N–H and O–H groups in total. The molecule has 0 fully saturated rings. The summed E-state index contributed by atoms with van der Waals surface area (Å²) in [6, 6.07) is 0.947. The first kappa shape index (κ1) is 13.9. The molecule has 0 aliphatic rings. The predicted octanol–water partition coefficient (Wildman–Crippen LogP) is 1.95. The van der Waals surface area contributed by atoms with Gasteiger partial charge in [0.1, 0.15) is 6.42 Å². The molecule has 6 nitrogen and oxygen atoms in total. The predicted molar refractivity (Wildman–Crippen MR) is 56.3 cm³/mol. The number of nitrogens with zero attached hydrogens (tertiary/aromatic N) is 2. The van der Waals surface area contributed by atoms with E-state index in [1.807, 2.05) is 0 Å². The van der Waals surface area contributed by atoms with Crippen molar-refractivity contribution in [2.75, 3.05) is 7.11 Å². The first-order chi connectivity index (χ1) is 8.36. The summed E-state index contributed by atoms with van der Waals surface area (Å²) in [7, 11) is 1.09. The van der Waals surface area contributed by atoms with Crippen molar-refractivity contribution >= 4 is 11.8 Å². The highest BCUT2D eigenvalue weighted by Crippen LogP contribution is 2.28. The summed E-state index contributed by atoms with van der Waals surface area (Å²) in [5.41, 5.74) is -0.778. The number of alkyl halides is 2. The van der Waals surface area contributed by atoms with E-state index >= 15 is 0 Å². The molecule has 0 amide bonds. The van der Waals surface area contributed by atoms with Crippen molar-refractivity contribution in [1.29, 1.82) is 0 Å². The second kappa shape index (κ2) is 5.48. The number of hydrogen-bond donors (Lipinski definition) is 0. The lowest BCUT2D eigenvalue weighted by Gasteiger charge is -2.07. The van der Waals surface area contributed by atoms with E-state index in [9.17, 15) is 23.7 Å². The number of nitro groups is 1. The number of halogens is 2. The molecule has 1 aromatic heterocycles. The molecule has 0 aromatic carbocycles. The number of pyridine rings is 1. The van der Waals surface area contributed by atoms with Crippen LogP contribution in [0.1, 0.15) is 23.2 Å². The van der Waals surface area contributed by atoms with Gasteiger partial charge in [-0.25, -0.2) is 8.78 Å². The van der Waals surface area contributed by atoms with Crippen LogP contribution in [-0.4, -0.2) is 23.0 Å². The Labute approximate surface area is 101 Å². The third-order valence-corrected chi connectivity index (χ3v) is 2.28. The lowest BCUT2D eigenvalue weighted by atomic mass is 10.1. The zero-order chi connectivity index (χ0) is 13.9. The first-order valence-electron chi connectivity index (χ1n) is 4.86. The molecule has 1 heterocycles. The molecule has 1 rings (SSSR count). The summed E-state index contributed by atoms with van der Waals surface area (Å²) in [6.07, 6.45) is -3.39. The summed E-state index contributed by atoms with van der Waals surface area (Å²) < 4.78 is 30.0. The minimum Gasteiger partial charge on any atom is -0.469 e. The Bertz CT molecular complexity index is 491. The molecule has 0 unspecified atom stereocenters. The average molecular weight is 260 g/mol. The number of methoxy groups -OCH3 is 1. The zero-order valence-electron chi connectivity index (χ0n) is 9.65. The molecule has 0 atom stereocenters. The lowest BCUT2D eigenvalue weighted by Crippen LogP contribution is -2.11. The molecule has 0 saturated heterocycles. The quantitative estimate of drug-likeness (QED) is 0.469. The molecule has 0 saturated carbocycles. The zero-order valence-corrected chi connectivity index (χ0v) is 9.65. The van der Waals surface area contributed by atoms with Crippen LogP contribution in [0.2, 0.25) is 0 Å². The van der Waals surface area contributed by atoms with Crippen LogP contribution in [0.15, 0.2) is 6.07 Å². The van der Waals surface area contributed by atoms with Crippen LogP contribution in [0.5, 0.6) is 0 Å². The van der Waals surface area contributed by atoms with E-state index in [2.05, 4.69) is 9.72 Å². The average Bonchev–Trinajstić information content (AvgIpc) is 2.27.